The molecule has 3 aromatic heterocycles. The molecule has 0 atom stereocenters. The van der Waals surface area contributed by atoms with Gasteiger partial charge in [-0.3, -0.25) is 19.5 Å². The summed E-state index contributed by atoms with van der Waals surface area (Å²) in [5, 5.41) is 4.19. The van der Waals surface area contributed by atoms with Crippen LogP contribution < -0.4 is 26.2 Å². The number of benzene rings is 1. The second-order valence-corrected chi connectivity index (χ2v) is 9.73. The van der Waals surface area contributed by atoms with Gasteiger partial charge in [0.15, 0.2) is 5.82 Å². The highest BCUT2D eigenvalue weighted by Gasteiger charge is 2.31. The van der Waals surface area contributed by atoms with E-state index in [9.17, 15) is 4.79 Å². The van der Waals surface area contributed by atoms with Crippen molar-refractivity contribution < 1.29 is 4.74 Å². The summed E-state index contributed by atoms with van der Waals surface area (Å²) < 4.78 is 10.4. The van der Waals surface area contributed by atoms with E-state index in [1.54, 1.807) is 34.1 Å². The van der Waals surface area contributed by atoms with Crippen LogP contribution in [0.4, 0.5) is 11.5 Å². The Kier molecular flexibility index (Phi) is 5.74. The molecule has 1 aromatic carbocycles. The highest BCUT2D eigenvalue weighted by Crippen LogP contribution is 2.27. The number of aromatic nitrogens is 5. The standard InChI is InChI=1S/C23H28N10O2S/c1-28-23(34)31(13-10-29-8-11-30(12-9-29)16-3-5-17(35-2)6-4-16)22-27-20-19(33(22)28)18(26-15-32(20)24)21-25-7-14-36-21/h3-7,14H,8-13,15,24H2,1-2H3. The maximum Gasteiger partial charge on any atom is 0.345 e. The Hall–Kier alpha value is -3.68. The SMILES string of the molecule is COc1ccc(N2CCN(CCn3c(=O)n(C)n4c5c(nc34)N(N)CN=C5c3nccs3)CC2)cc1. The molecule has 1 saturated heterocycles. The normalized spacial score (nSPS) is 16.5. The van der Waals surface area contributed by atoms with Crippen LogP contribution in [0.5, 0.6) is 5.75 Å². The Labute approximate surface area is 211 Å². The number of methoxy groups -OCH3 is 1. The molecule has 13 heteroatoms. The predicted octanol–water partition coefficient (Wildman–Crippen LogP) is 0.610. The molecule has 12 nitrogen and oxygen atoms in total. The van der Waals surface area contributed by atoms with E-state index >= 15 is 0 Å². The quantitative estimate of drug-likeness (QED) is 0.377. The predicted molar refractivity (Wildman–Crippen MR) is 139 cm³/mol. The number of hydrogen-bond acceptors (Lipinski definition) is 10. The number of aliphatic imine (C=N–C) groups is 1. The summed E-state index contributed by atoms with van der Waals surface area (Å²) >= 11 is 1.50. The van der Waals surface area contributed by atoms with Crippen molar-refractivity contribution in [1.29, 1.82) is 0 Å². The zero-order valence-corrected chi connectivity index (χ0v) is 21.1. The zero-order chi connectivity index (χ0) is 24.8. The molecular formula is C23H28N10O2S. The van der Waals surface area contributed by atoms with Gasteiger partial charge in [0.05, 0.1) is 7.11 Å². The average Bonchev–Trinajstić information content (AvgIpc) is 3.63. The molecule has 0 spiro atoms. The molecule has 0 aliphatic carbocycles. The third-order valence-electron chi connectivity index (χ3n) is 6.83. The van der Waals surface area contributed by atoms with E-state index < -0.39 is 0 Å². The highest BCUT2D eigenvalue weighted by atomic mass is 32.1. The van der Waals surface area contributed by atoms with Crippen LogP contribution in [0.3, 0.4) is 0 Å². The largest absolute Gasteiger partial charge is 0.497 e. The fourth-order valence-corrected chi connectivity index (χ4v) is 5.50. The number of hydrogen-bond donors (Lipinski definition) is 1. The molecule has 188 valence electrons. The molecule has 2 N–H and O–H groups in total. The summed E-state index contributed by atoms with van der Waals surface area (Å²) in [5.41, 5.74) is 2.48. The molecule has 1 fully saturated rings. The maximum atomic E-state index is 13.2. The first-order valence-corrected chi connectivity index (χ1v) is 12.7. The van der Waals surface area contributed by atoms with Gasteiger partial charge >= 0.3 is 5.69 Å². The van der Waals surface area contributed by atoms with Gasteiger partial charge in [-0.15, -0.1) is 11.3 Å². The second kappa shape index (κ2) is 9.08. The third kappa shape index (κ3) is 3.75. The molecule has 0 radical (unpaired) electrons. The molecule has 0 amide bonds. The van der Waals surface area contributed by atoms with Crippen molar-refractivity contribution in [2.75, 3.05) is 56.4 Å². The van der Waals surface area contributed by atoms with E-state index in [-0.39, 0.29) is 12.4 Å². The van der Waals surface area contributed by atoms with Gasteiger partial charge in [-0.25, -0.2) is 24.8 Å². The minimum atomic E-state index is -0.121. The molecule has 0 bridgehead atoms. The first kappa shape index (κ1) is 22.8. The van der Waals surface area contributed by atoms with E-state index in [0.717, 1.165) is 43.5 Å². The molecule has 6 rings (SSSR count). The Morgan fingerprint density at radius 2 is 1.89 bits per heavy atom. The molecule has 36 heavy (non-hydrogen) atoms. The topological polar surface area (TPSA) is 114 Å². The highest BCUT2D eigenvalue weighted by molar-refractivity contribution is 7.11. The fourth-order valence-electron chi connectivity index (χ4n) is 4.86. The van der Waals surface area contributed by atoms with Crippen LogP contribution in [0.25, 0.3) is 5.78 Å². The summed E-state index contributed by atoms with van der Waals surface area (Å²) in [6.07, 6.45) is 1.74. The molecular weight excluding hydrogens is 480 g/mol. The van der Waals surface area contributed by atoms with Crippen molar-refractivity contribution >= 4 is 34.3 Å². The number of ether oxygens (including phenoxy) is 1. The van der Waals surface area contributed by atoms with Gasteiger partial charge in [0.1, 0.15) is 28.8 Å². The van der Waals surface area contributed by atoms with Crippen LogP contribution in [0.2, 0.25) is 0 Å². The van der Waals surface area contributed by atoms with Crippen LogP contribution in [0, 0.1) is 0 Å². The first-order chi connectivity index (χ1) is 17.5. The van der Waals surface area contributed by atoms with Crippen molar-refractivity contribution in [3.8, 4) is 5.75 Å². The van der Waals surface area contributed by atoms with Crippen molar-refractivity contribution in [3.63, 3.8) is 0 Å². The number of thiazole rings is 1. The Morgan fingerprint density at radius 3 is 2.58 bits per heavy atom. The van der Waals surface area contributed by atoms with Crippen molar-refractivity contribution in [1.82, 2.24) is 28.6 Å². The van der Waals surface area contributed by atoms with Crippen LogP contribution in [-0.2, 0) is 13.6 Å². The Bertz CT molecular complexity index is 1460. The fraction of sp³-hybridized carbons (Fsp3) is 0.391. The summed E-state index contributed by atoms with van der Waals surface area (Å²) in [5.74, 6) is 8.23. The van der Waals surface area contributed by atoms with Gasteiger partial charge in [0.2, 0.25) is 5.78 Å². The lowest BCUT2D eigenvalue weighted by molar-refractivity contribution is 0.248. The number of nitrogens with two attached hydrogens (primary N) is 1. The lowest BCUT2D eigenvalue weighted by Crippen LogP contribution is -2.47. The number of piperazine rings is 1. The van der Waals surface area contributed by atoms with E-state index in [4.69, 9.17) is 15.6 Å². The number of hydrazine groups is 1. The smallest absolute Gasteiger partial charge is 0.345 e. The lowest BCUT2D eigenvalue weighted by atomic mass is 10.2. The number of aryl methyl sites for hydroxylation is 1. The van der Waals surface area contributed by atoms with E-state index in [2.05, 4.69) is 31.9 Å². The summed E-state index contributed by atoms with van der Waals surface area (Å²) in [4.78, 5) is 31.8. The van der Waals surface area contributed by atoms with Crippen LogP contribution >= 0.6 is 11.3 Å². The van der Waals surface area contributed by atoms with E-state index in [1.807, 2.05) is 17.5 Å². The minimum Gasteiger partial charge on any atom is -0.497 e. The third-order valence-corrected chi connectivity index (χ3v) is 7.61. The van der Waals surface area contributed by atoms with Gasteiger partial charge < -0.3 is 9.64 Å². The monoisotopic (exact) mass is 508 g/mol. The zero-order valence-electron chi connectivity index (χ0n) is 20.2. The number of fused-ring (bicyclic) bond motifs is 3. The number of rotatable bonds is 6. The van der Waals surface area contributed by atoms with E-state index in [1.165, 1.54) is 22.0 Å². The molecule has 0 saturated carbocycles. The van der Waals surface area contributed by atoms with Crippen molar-refractivity contribution in [2.24, 2.45) is 17.9 Å². The average molecular weight is 509 g/mol. The number of nitrogens with zero attached hydrogens (tertiary/aromatic N) is 9. The second-order valence-electron chi connectivity index (χ2n) is 8.84. The van der Waals surface area contributed by atoms with Gasteiger partial charge in [0.25, 0.3) is 0 Å². The van der Waals surface area contributed by atoms with Crippen LogP contribution in [0.1, 0.15) is 10.7 Å². The van der Waals surface area contributed by atoms with Gasteiger partial charge in [-0.2, -0.15) is 4.98 Å². The lowest BCUT2D eigenvalue weighted by Gasteiger charge is -2.36. The van der Waals surface area contributed by atoms with Crippen LogP contribution in [-0.4, -0.2) is 80.8 Å². The van der Waals surface area contributed by atoms with E-state index in [0.29, 0.717) is 29.5 Å². The van der Waals surface area contributed by atoms with Crippen molar-refractivity contribution in [3.05, 3.63) is 57.0 Å². The maximum absolute atomic E-state index is 13.2. The molecule has 5 heterocycles. The molecule has 0 unspecified atom stereocenters. The number of anilines is 2. The van der Waals surface area contributed by atoms with Crippen molar-refractivity contribution in [2.45, 2.75) is 6.54 Å². The molecule has 2 aliphatic rings. The summed E-state index contributed by atoms with van der Waals surface area (Å²) in [6.45, 7) is 5.29. The molecule has 4 aromatic rings. The Balaban J connectivity index is 1.21. The first-order valence-electron chi connectivity index (χ1n) is 11.8. The van der Waals surface area contributed by atoms with Gasteiger partial charge in [-0.1, -0.05) is 0 Å². The minimum absolute atomic E-state index is 0.121. The molecule has 2 aliphatic heterocycles. The van der Waals surface area contributed by atoms with Gasteiger partial charge in [0, 0.05) is 63.6 Å². The number of imidazole rings is 1. The Morgan fingerprint density at radius 1 is 1.11 bits per heavy atom. The van der Waals surface area contributed by atoms with Gasteiger partial charge in [-0.05, 0) is 24.3 Å². The summed E-state index contributed by atoms with van der Waals surface area (Å²) in [7, 11) is 3.42. The summed E-state index contributed by atoms with van der Waals surface area (Å²) in [6, 6.07) is 8.18. The van der Waals surface area contributed by atoms with Crippen LogP contribution in [0.15, 0.2) is 45.6 Å².